The third kappa shape index (κ3) is 4.40. The van der Waals surface area contributed by atoms with Crippen molar-refractivity contribution in [1.82, 2.24) is 4.98 Å². The van der Waals surface area contributed by atoms with E-state index in [9.17, 15) is 4.79 Å². The van der Waals surface area contributed by atoms with E-state index >= 15 is 0 Å². The summed E-state index contributed by atoms with van der Waals surface area (Å²) in [4.78, 5) is 18.1. The molecular formula is C22H17BrN2O2S. The van der Waals surface area contributed by atoms with Crippen molar-refractivity contribution < 1.29 is 9.53 Å². The van der Waals surface area contributed by atoms with Crippen LogP contribution in [0.15, 0.2) is 71.0 Å². The van der Waals surface area contributed by atoms with Crippen LogP contribution in [-0.2, 0) is 11.2 Å². The van der Waals surface area contributed by atoms with Gasteiger partial charge in [0.1, 0.15) is 5.75 Å². The van der Waals surface area contributed by atoms with Gasteiger partial charge in [0.2, 0.25) is 0 Å². The molecule has 0 atom stereocenters. The highest BCUT2D eigenvalue weighted by molar-refractivity contribution is 9.10. The van der Waals surface area contributed by atoms with Gasteiger partial charge < -0.3 is 4.74 Å². The third-order valence-electron chi connectivity index (χ3n) is 4.26. The lowest BCUT2D eigenvalue weighted by molar-refractivity contribution is -0.112. The van der Waals surface area contributed by atoms with E-state index in [-0.39, 0.29) is 5.91 Å². The predicted molar refractivity (Wildman–Crippen MR) is 117 cm³/mol. The zero-order valence-electron chi connectivity index (χ0n) is 15.1. The van der Waals surface area contributed by atoms with Gasteiger partial charge in [-0.3, -0.25) is 10.1 Å². The van der Waals surface area contributed by atoms with Crippen LogP contribution < -0.4 is 10.1 Å². The first kappa shape index (κ1) is 18.7. The Hall–Kier alpha value is -2.70. The summed E-state index contributed by atoms with van der Waals surface area (Å²) in [6, 6.07) is 14.1. The fraction of sp³-hybridized carbons (Fsp3) is 0.0909. The average molecular weight is 453 g/mol. The molecule has 4 rings (SSSR count). The Labute approximate surface area is 175 Å². The van der Waals surface area contributed by atoms with Gasteiger partial charge in [0.25, 0.3) is 5.91 Å². The third-order valence-corrected chi connectivity index (χ3v) is 5.67. The summed E-state index contributed by atoms with van der Waals surface area (Å²) in [5, 5.41) is 3.47. The molecule has 0 unspecified atom stereocenters. The Kier molecular flexibility index (Phi) is 5.41. The van der Waals surface area contributed by atoms with Crippen molar-refractivity contribution in [1.29, 1.82) is 0 Å². The lowest BCUT2D eigenvalue weighted by Gasteiger charge is -2.04. The molecule has 1 amide bonds. The molecule has 1 aliphatic heterocycles. The number of aromatic nitrogens is 1. The molecule has 1 aliphatic rings. The number of hydrogen-bond donors (Lipinski definition) is 1. The number of rotatable bonds is 4. The van der Waals surface area contributed by atoms with Gasteiger partial charge >= 0.3 is 0 Å². The molecule has 1 N–H and O–H groups in total. The number of benzene rings is 2. The number of nitrogens with zero attached hydrogens (tertiary/aromatic N) is 1. The van der Waals surface area contributed by atoms with E-state index < -0.39 is 0 Å². The second-order valence-electron chi connectivity index (χ2n) is 6.45. The van der Waals surface area contributed by atoms with Gasteiger partial charge in [0, 0.05) is 33.1 Å². The number of ether oxygens (including phenoxy) is 1. The molecule has 0 radical (unpaired) electrons. The summed E-state index contributed by atoms with van der Waals surface area (Å²) in [7, 11) is 0. The van der Waals surface area contributed by atoms with Gasteiger partial charge in [-0.25, -0.2) is 4.98 Å². The van der Waals surface area contributed by atoms with Gasteiger partial charge in [0.15, 0.2) is 5.13 Å². The number of amides is 1. The maximum atomic E-state index is 12.7. The molecule has 3 aromatic rings. The van der Waals surface area contributed by atoms with Gasteiger partial charge in [0.05, 0.1) is 6.26 Å². The molecule has 0 aliphatic carbocycles. The second kappa shape index (κ2) is 8.12. The summed E-state index contributed by atoms with van der Waals surface area (Å²) in [5.41, 5.74) is 3.81. The number of carbonyl (C=O) groups excluding carboxylic acids is 1. The monoisotopic (exact) mass is 452 g/mol. The second-order valence-corrected chi connectivity index (χ2v) is 8.48. The molecular weight excluding hydrogens is 436 g/mol. The molecule has 4 nitrogen and oxygen atoms in total. The van der Waals surface area contributed by atoms with E-state index in [4.69, 9.17) is 4.74 Å². The molecule has 0 saturated carbocycles. The van der Waals surface area contributed by atoms with Crippen molar-refractivity contribution >= 4 is 44.4 Å². The van der Waals surface area contributed by atoms with Crippen molar-refractivity contribution in [2.75, 3.05) is 5.32 Å². The quantitative estimate of drug-likeness (QED) is 0.549. The minimum Gasteiger partial charge on any atom is -0.464 e. The highest BCUT2D eigenvalue weighted by Gasteiger charge is 2.14. The van der Waals surface area contributed by atoms with Crippen molar-refractivity contribution in [3.63, 3.8) is 0 Å². The Morgan fingerprint density at radius 3 is 2.86 bits per heavy atom. The molecule has 140 valence electrons. The Balaban J connectivity index is 1.48. The van der Waals surface area contributed by atoms with Crippen molar-refractivity contribution in [2.24, 2.45) is 0 Å². The summed E-state index contributed by atoms with van der Waals surface area (Å²) >= 11 is 4.93. The lowest BCUT2D eigenvalue weighted by atomic mass is 10.1. The van der Waals surface area contributed by atoms with Gasteiger partial charge in [-0.1, -0.05) is 45.8 Å². The minimum absolute atomic E-state index is 0.219. The normalized spacial score (nSPS) is 12.6. The molecule has 2 aromatic carbocycles. The number of carbonyl (C=O) groups is 1. The first-order chi connectivity index (χ1) is 13.6. The SMILES string of the molecule is Cc1ccc(Cc2cnc(NC(=O)C3=Cc4cc(Br)ccc4OC=C3)s2)cc1. The predicted octanol–water partition coefficient (Wildman–Crippen LogP) is 5.73. The van der Waals surface area contributed by atoms with Crippen LogP contribution in [-0.4, -0.2) is 10.9 Å². The number of aryl methyl sites for hydroxylation is 1. The van der Waals surface area contributed by atoms with E-state index in [0.29, 0.717) is 16.5 Å². The van der Waals surface area contributed by atoms with E-state index in [0.717, 1.165) is 21.3 Å². The number of thiazole rings is 1. The Morgan fingerprint density at radius 1 is 1.21 bits per heavy atom. The number of hydrogen-bond acceptors (Lipinski definition) is 4. The summed E-state index contributed by atoms with van der Waals surface area (Å²) in [5.74, 6) is 0.487. The standard InChI is InChI=1S/C22H17BrN2O2S/c1-14-2-4-15(5-3-14)10-19-13-24-22(28-19)25-21(26)16-8-9-27-20-7-6-18(23)12-17(20)11-16/h2-9,11-13H,10H2,1H3,(H,24,25,26). The van der Waals surface area contributed by atoms with Crippen LogP contribution in [0.3, 0.4) is 0 Å². The smallest absolute Gasteiger partial charge is 0.257 e. The molecule has 2 heterocycles. The number of halogens is 1. The van der Waals surface area contributed by atoms with Crippen LogP contribution in [0, 0.1) is 6.92 Å². The summed E-state index contributed by atoms with van der Waals surface area (Å²) in [6.45, 7) is 2.07. The van der Waals surface area contributed by atoms with Crippen molar-refractivity contribution in [3.8, 4) is 5.75 Å². The zero-order valence-corrected chi connectivity index (χ0v) is 17.5. The molecule has 0 saturated heterocycles. The van der Waals surface area contributed by atoms with Crippen LogP contribution >= 0.6 is 27.3 Å². The van der Waals surface area contributed by atoms with Crippen LogP contribution in [0.2, 0.25) is 0 Å². The van der Waals surface area contributed by atoms with E-state index in [1.165, 1.54) is 28.7 Å². The van der Waals surface area contributed by atoms with E-state index in [1.54, 1.807) is 12.2 Å². The van der Waals surface area contributed by atoms with Gasteiger partial charge in [-0.05, 0) is 42.8 Å². The highest BCUT2D eigenvalue weighted by Crippen LogP contribution is 2.29. The highest BCUT2D eigenvalue weighted by atomic mass is 79.9. The van der Waals surface area contributed by atoms with E-state index in [2.05, 4.69) is 57.4 Å². The summed E-state index contributed by atoms with van der Waals surface area (Å²) in [6.07, 6.45) is 7.60. The van der Waals surface area contributed by atoms with Crippen LogP contribution in [0.4, 0.5) is 5.13 Å². The fourth-order valence-electron chi connectivity index (χ4n) is 2.80. The van der Waals surface area contributed by atoms with Crippen molar-refractivity contribution in [3.05, 3.63) is 92.6 Å². The average Bonchev–Trinajstić information content (AvgIpc) is 2.99. The topological polar surface area (TPSA) is 51.2 Å². The Morgan fingerprint density at radius 2 is 2.04 bits per heavy atom. The number of fused-ring (bicyclic) bond motifs is 1. The molecule has 28 heavy (non-hydrogen) atoms. The number of nitrogens with one attached hydrogen (secondary N) is 1. The Bertz CT molecular complexity index is 1080. The largest absolute Gasteiger partial charge is 0.464 e. The van der Waals surface area contributed by atoms with Crippen LogP contribution in [0.5, 0.6) is 5.75 Å². The summed E-state index contributed by atoms with van der Waals surface area (Å²) < 4.78 is 6.49. The number of anilines is 1. The van der Waals surface area contributed by atoms with Gasteiger partial charge in [-0.2, -0.15) is 0 Å². The fourth-order valence-corrected chi connectivity index (χ4v) is 4.02. The molecule has 0 fully saturated rings. The molecule has 0 spiro atoms. The first-order valence-corrected chi connectivity index (χ1v) is 10.3. The maximum Gasteiger partial charge on any atom is 0.257 e. The zero-order chi connectivity index (χ0) is 19.5. The van der Waals surface area contributed by atoms with Crippen LogP contribution in [0.25, 0.3) is 6.08 Å². The first-order valence-electron chi connectivity index (χ1n) is 8.73. The molecule has 1 aromatic heterocycles. The molecule has 0 bridgehead atoms. The maximum absolute atomic E-state index is 12.7. The van der Waals surface area contributed by atoms with Crippen molar-refractivity contribution in [2.45, 2.75) is 13.3 Å². The molecule has 6 heteroatoms. The lowest BCUT2D eigenvalue weighted by Crippen LogP contribution is -2.12. The minimum atomic E-state index is -0.219. The van der Waals surface area contributed by atoms with Crippen LogP contribution in [0.1, 0.15) is 21.6 Å². The van der Waals surface area contributed by atoms with E-state index in [1.807, 2.05) is 24.4 Å². The van der Waals surface area contributed by atoms with Gasteiger partial charge in [-0.15, -0.1) is 11.3 Å².